The van der Waals surface area contributed by atoms with Crippen LogP contribution in [0.2, 0.25) is 5.02 Å². The molecular weight excluding hydrogens is 1590 g/mol. The summed E-state index contributed by atoms with van der Waals surface area (Å²) < 4.78 is 56.8. The van der Waals surface area contributed by atoms with E-state index in [1.165, 1.54) is 36.0 Å². The first-order valence-corrected chi connectivity index (χ1v) is 45.7. The maximum atomic E-state index is 10.0. The largest absolute Gasteiger partial charge is 0.456 e. The highest BCUT2D eigenvalue weighted by molar-refractivity contribution is 7.26. The smallest absolute Gasteiger partial charge is 0.252 e. The zero-order chi connectivity index (χ0) is 89.2. The standard InChI is InChI=1S/C118H92BClN2O2S2/c1-115(2,3)77-57-73(69-31-15-13-16-32-69)55-75(59-77)71-52-54-96-95(61-71)119-94-53-51-72(76-56-74(70-33-17-14-18-34-70)58-78(60-76)116(4,5)6)62-97(94)122(114-91(83-40-28-46-103-109(83)87-36-20-24-44-101(87)124-103)64-80(118(10,11)12)66-93(114)85-42-30-50-107-111(85)89-38-22-26-48-105(89)126-107)99-68-81(120)67-98(112(99)119)121(96)113-90(82-39-27-45-102-108(82)86-35-19-23-43-100(86)123-102)63-79(117(7,8)9)65-92(113)84-41-29-49-106-110(84)88-37-21-25-47-104(88)125-106/h13-68H,1-12H3/i19D,23D,35D,43D. The van der Waals surface area contributed by atoms with Crippen LogP contribution >= 0.6 is 34.3 Å². The molecule has 0 amide bonds. The van der Waals surface area contributed by atoms with Crippen molar-refractivity contribution in [3.05, 3.63) is 367 Å². The molecule has 0 radical (unpaired) electrons. The van der Waals surface area contributed by atoms with Gasteiger partial charge in [-0.05, 0) is 236 Å². The molecule has 0 unspecified atom stereocenters. The highest BCUT2D eigenvalue weighted by atomic mass is 35.5. The van der Waals surface area contributed by atoms with Gasteiger partial charge in [0.1, 0.15) is 22.3 Å². The first kappa shape index (κ1) is 73.1. The van der Waals surface area contributed by atoms with Crippen molar-refractivity contribution in [1.82, 2.24) is 0 Å². The summed E-state index contributed by atoms with van der Waals surface area (Å²) in [4.78, 5) is 5.18. The van der Waals surface area contributed by atoms with Crippen molar-refractivity contribution >= 4 is 176 Å². The van der Waals surface area contributed by atoms with Crippen molar-refractivity contribution in [2.45, 2.75) is 105 Å². The van der Waals surface area contributed by atoms with E-state index >= 15 is 0 Å². The Morgan fingerprint density at radius 3 is 1.17 bits per heavy atom. The van der Waals surface area contributed by atoms with Crippen LogP contribution in [0.15, 0.2) is 348 Å². The predicted molar refractivity (Wildman–Crippen MR) is 544 cm³/mol. The van der Waals surface area contributed by atoms with Crippen LogP contribution in [0.4, 0.5) is 34.1 Å². The summed E-state index contributed by atoms with van der Waals surface area (Å²) in [5.41, 5.74) is 30.7. The van der Waals surface area contributed by atoms with Crippen LogP contribution < -0.4 is 26.2 Å². The number of para-hydroxylation sites is 2. The van der Waals surface area contributed by atoms with Crippen LogP contribution in [0.5, 0.6) is 0 Å². The molecule has 2 aliphatic rings. The van der Waals surface area contributed by atoms with Gasteiger partial charge in [0.15, 0.2) is 0 Å². The van der Waals surface area contributed by atoms with Gasteiger partial charge in [0, 0.05) is 112 Å². The summed E-state index contributed by atoms with van der Waals surface area (Å²) in [6.45, 7) is 27.3. The van der Waals surface area contributed by atoms with Gasteiger partial charge in [-0.15, -0.1) is 22.7 Å². The van der Waals surface area contributed by atoms with Gasteiger partial charge in [0.2, 0.25) is 0 Å². The van der Waals surface area contributed by atoms with Gasteiger partial charge in [-0.25, -0.2) is 0 Å². The number of furan rings is 2. The van der Waals surface area contributed by atoms with E-state index in [1.54, 1.807) is 11.3 Å². The van der Waals surface area contributed by atoms with Crippen molar-refractivity contribution < 1.29 is 14.3 Å². The number of thiophene rings is 2. The van der Waals surface area contributed by atoms with Crippen LogP contribution in [0.3, 0.4) is 0 Å². The van der Waals surface area contributed by atoms with Gasteiger partial charge in [-0.3, -0.25) is 0 Å². The van der Waals surface area contributed by atoms with E-state index < -0.39 is 12.1 Å². The zero-order valence-corrected chi connectivity index (χ0v) is 74.9. The fraction of sp³-hybridized carbons (Fsp3) is 0.136. The maximum Gasteiger partial charge on any atom is 0.252 e. The lowest BCUT2D eigenvalue weighted by Crippen LogP contribution is -2.61. The Morgan fingerprint density at radius 2 is 0.667 bits per heavy atom. The highest BCUT2D eigenvalue weighted by Gasteiger charge is 2.47. The molecule has 6 heterocycles. The first-order valence-electron chi connectivity index (χ1n) is 45.7. The van der Waals surface area contributed by atoms with Crippen LogP contribution in [0.1, 0.15) is 111 Å². The highest BCUT2D eigenvalue weighted by Crippen LogP contribution is 2.59. The Balaban J connectivity index is 0.925. The Hall–Kier alpha value is -13.3. The molecule has 4 nitrogen and oxygen atoms in total. The number of hydrogen-bond acceptors (Lipinski definition) is 6. The number of fused-ring (bicyclic) bond motifs is 16. The second-order valence-electron chi connectivity index (χ2n) is 38.5. The van der Waals surface area contributed by atoms with Gasteiger partial charge in [0.25, 0.3) is 6.71 Å². The number of halogens is 1. The average Bonchev–Trinajstić information content (AvgIpc) is 0.842. The molecule has 0 saturated heterocycles. The summed E-state index contributed by atoms with van der Waals surface area (Å²) in [5, 5.41) is 8.08. The van der Waals surface area contributed by atoms with E-state index in [9.17, 15) is 4.11 Å². The second kappa shape index (κ2) is 28.9. The average molecular weight is 1680 g/mol. The molecule has 0 N–H and O–H groups in total. The lowest BCUT2D eigenvalue weighted by Gasteiger charge is -2.46. The fourth-order valence-electron chi connectivity index (χ4n) is 20.1. The van der Waals surface area contributed by atoms with E-state index in [4.69, 9.17) is 21.8 Å². The van der Waals surface area contributed by atoms with Crippen molar-refractivity contribution in [2.24, 2.45) is 0 Å². The van der Waals surface area contributed by atoms with E-state index in [2.05, 4.69) is 396 Å². The van der Waals surface area contributed by atoms with Crippen molar-refractivity contribution in [1.29, 1.82) is 0 Å². The molecule has 4 aromatic heterocycles. The Morgan fingerprint density at radius 1 is 0.278 bits per heavy atom. The molecule has 0 fully saturated rings. The summed E-state index contributed by atoms with van der Waals surface area (Å²) >= 11 is 12.2. The van der Waals surface area contributed by atoms with E-state index in [1.807, 2.05) is 23.5 Å². The Labute approximate surface area is 755 Å². The second-order valence-corrected chi connectivity index (χ2v) is 41.1. The van der Waals surface area contributed by atoms with E-state index in [0.29, 0.717) is 21.4 Å². The van der Waals surface area contributed by atoms with E-state index in [-0.39, 0.29) is 46.0 Å². The molecule has 0 spiro atoms. The lowest BCUT2D eigenvalue weighted by atomic mass is 9.33. The first-order chi connectivity index (χ1) is 62.6. The number of benzene rings is 17. The van der Waals surface area contributed by atoms with Gasteiger partial charge >= 0.3 is 0 Å². The molecule has 126 heavy (non-hydrogen) atoms. The van der Waals surface area contributed by atoms with Gasteiger partial charge in [-0.1, -0.05) is 325 Å². The molecule has 21 aromatic rings. The molecule has 8 heteroatoms. The predicted octanol–water partition coefficient (Wildman–Crippen LogP) is 33.5. The summed E-state index contributed by atoms with van der Waals surface area (Å²) in [6, 6.07) is 116. The van der Waals surface area contributed by atoms with Crippen molar-refractivity contribution in [3.63, 3.8) is 0 Å². The van der Waals surface area contributed by atoms with Gasteiger partial charge in [0.05, 0.1) is 16.9 Å². The molecule has 17 aromatic carbocycles. The third-order valence-electron chi connectivity index (χ3n) is 26.4. The molecule has 2 aliphatic heterocycles. The number of nitrogens with zero attached hydrogens (tertiary/aromatic N) is 2. The maximum absolute atomic E-state index is 10.0. The monoisotopic (exact) mass is 1680 g/mol. The molecule has 608 valence electrons. The fourth-order valence-corrected chi connectivity index (χ4v) is 22.5. The molecule has 0 bridgehead atoms. The van der Waals surface area contributed by atoms with E-state index in [0.717, 1.165) is 188 Å². The Kier molecular flexibility index (Phi) is 16.8. The zero-order valence-electron chi connectivity index (χ0n) is 76.5. The van der Waals surface area contributed by atoms with Crippen LogP contribution in [-0.2, 0) is 21.7 Å². The van der Waals surface area contributed by atoms with Gasteiger partial charge < -0.3 is 18.6 Å². The number of anilines is 6. The van der Waals surface area contributed by atoms with Crippen LogP contribution in [0, 0.1) is 0 Å². The number of rotatable bonds is 10. The van der Waals surface area contributed by atoms with Crippen LogP contribution in [0.25, 0.3) is 173 Å². The SMILES string of the molecule is [2H]c1c([2H])c([2H])c2c(oc3cccc(-c4cc(C(C)(C)C)cc(-c5cccc6sc7ccccc7c56)c4N4c5ccc(-c6cc(-c7ccccc7)cc(C(C)(C)C)c6)cc5B5c6ccc(-c7cc(-c8ccccc8)cc(C(C)(C)C)c7)cc6N(c6c(-c7cccc8oc9ccccc9c78)cc(C(C)(C)C)cc6-c6cccc7sc8ccccc8c67)c6cc(Cl)cc4c65)c32)c1[2H]. The van der Waals surface area contributed by atoms with Gasteiger partial charge in [-0.2, -0.15) is 0 Å². The molecular formula is C118H92BClN2O2S2. The molecule has 0 atom stereocenters. The third-order valence-corrected chi connectivity index (χ3v) is 28.9. The molecule has 23 rings (SSSR count). The summed E-state index contributed by atoms with van der Waals surface area (Å²) in [7, 11) is 0. The normalized spacial score (nSPS) is 13.5. The summed E-state index contributed by atoms with van der Waals surface area (Å²) in [5.74, 6) is 0. The summed E-state index contributed by atoms with van der Waals surface area (Å²) in [6.07, 6.45) is 0. The molecule has 0 aliphatic carbocycles. The quantitative estimate of drug-likeness (QED) is 0.128. The lowest BCUT2D eigenvalue weighted by molar-refractivity contribution is 0.590. The number of hydrogen-bond donors (Lipinski definition) is 0. The molecule has 0 saturated carbocycles. The minimum Gasteiger partial charge on any atom is -0.456 e. The third kappa shape index (κ3) is 12.6. The van der Waals surface area contributed by atoms with Crippen molar-refractivity contribution in [2.75, 3.05) is 9.80 Å². The minimum absolute atomic E-state index is 0.0978. The van der Waals surface area contributed by atoms with Crippen molar-refractivity contribution in [3.8, 4) is 89.0 Å². The Bertz CT molecular complexity index is 8240. The van der Waals surface area contributed by atoms with Crippen LogP contribution in [-0.4, -0.2) is 6.71 Å². The minimum atomic E-state index is -0.498. The topological polar surface area (TPSA) is 32.8 Å².